The topological polar surface area (TPSA) is 83.0 Å². The normalized spacial score (nSPS) is 11.2. The molecule has 2 heterocycles. The molecule has 0 aliphatic rings. The molecule has 0 spiro atoms. The molecule has 0 amide bonds. The molecule has 2 aromatic heterocycles. The maximum atomic E-state index is 12.7. The zero-order valence-corrected chi connectivity index (χ0v) is 13.7. The van der Waals surface area contributed by atoms with E-state index in [1.165, 1.54) is 11.8 Å². The quantitative estimate of drug-likeness (QED) is 0.504. The molecule has 120 valence electrons. The second-order valence-corrected chi connectivity index (χ2v) is 5.81. The monoisotopic (exact) mass is 332 g/mol. The van der Waals surface area contributed by atoms with Crippen LogP contribution in [0.4, 0.5) is 0 Å². The number of fused-ring (bicyclic) bond motifs is 1. The van der Waals surface area contributed by atoms with Crippen LogP contribution in [0, 0.1) is 6.92 Å². The summed E-state index contributed by atoms with van der Waals surface area (Å²) in [4.78, 5) is 17.3. The van der Waals surface area contributed by atoms with E-state index < -0.39 is 0 Å². The predicted octanol–water partition coefficient (Wildman–Crippen LogP) is 2.03. The molecule has 0 aliphatic carbocycles. The van der Waals surface area contributed by atoms with Crippen LogP contribution in [0.5, 0.6) is 0 Å². The largest absolute Gasteiger partial charge is 0.425 e. The van der Waals surface area contributed by atoms with Crippen LogP contribution < -0.4 is 5.56 Å². The summed E-state index contributed by atoms with van der Waals surface area (Å²) in [5.41, 5.74) is 0.604. The number of hydrogen-bond acceptors (Lipinski definition) is 7. The van der Waals surface area contributed by atoms with Crippen molar-refractivity contribution in [2.75, 3.05) is 13.7 Å². The van der Waals surface area contributed by atoms with Crippen LogP contribution in [0.2, 0.25) is 0 Å². The molecule has 0 bridgehead atoms. The standard InChI is InChI=1S/C15H16N4O3S/c1-10-17-18-13(22-10)9-23-15-16-12-6-4-3-5-11(12)14(20)19(15)7-8-21-2/h3-6H,7-9H2,1-2H3. The van der Waals surface area contributed by atoms with E-state index in [4.69, 9.17) is 9.15 Å². The van der Waals surface area contributed by atoms with Gasteiger partial charge in [-0.3, -0.25) is 9.36 Å². The molecule has 0 saturated carbocycles. The van der Waals surface area contributed by atoms with Gasteiger partial charge in [-0.1, -0.05) is 23.9 Å². The van der Waals surface area contributed by atoms with Crippen molar-refractivity contribution >= 4 is 22.7 Å². The van der Waals surface area contributed by atoms with Gasteiger partial charge in [0.25, 0.3) is 5.56 Å². The first-order valence-corrected chi connectivity index (χ1v) is 8.08. The van der Waals surface area contributed by atoms with Gasteiger partial charge in [0.05, 0.1) is 29.8 Å². The summed E-state index contributed by atoms with van der Waals surface area (Å²) in [7, 11) is 1.60. The fourth-order valence-electron chi connectivity index (χ4n) is 2.16. The first kappa shape index (κ1) is 15.7. The lowest BCUT2D eigenvalue weighted by Crippen LogP contribution is -2.25. The molecule has 0 fully saturated rings. The number of ether oxygens (including phenoxy) is 1. The van der Waals surface area contributed by atoms with Gasteiger partial charge in [-0.25, -0.2) is 4.98 Å². The third kappa shape index (κ3) is 3.43. The summed E-state index contributed by atoms with van der Waals surface area (Å²) < 4.78 is 12.1. The third-order valence-electron chi connectivity index (χ3n) is 3.24. The number of hydrogen-bond donors (Lipinski definition) is 0. The van der Waals surface area contributed by atoms with Gasteiger partial charge in [0, 0.05) is 14.0 Å². The molecular formula is C15H16N4O3S. The highest BCUT2D eigenvalue weighted by Crippen LogP contribution is 2.21. The summed E-state index contributed by atoms with van der Waals surface area (Å²) in [5, 5.41) is 8.97. The van der Waals surface area contributed by atoms with Crippen LogP contribution in [-0.4, -0.2) is 33.5 Å². The molecule has 7 nitrogen and oxygen atoms in total. The van der Waals surface area contributed by atoms with Crippen molar-refractivity contribution in [3.63, 3.8) is 0 Å². The highest BCUT2D eigenvalue weighted by molar-refractivity contribution is 7.98. The Labute approximate surface area is 136 Å². The van der Waals surface area contributed by atoms with Gasteiger partial charge in [-0.2, -0.15) is 0 Å². The van der Waals surface area contributed by atoms with Crippen LogP contribution in [0.1, 0.15) is 11.8 Å². The van der Waals surface area contributed by atoms with Crippen molar-refractivity contribution in [1.82, 2.24) is 19.7 Å². The number of methoxy groups -OCH3 is 1. The lowest BCUT2D eigenvalue weighted by molar-refractivity contribution is 0.183. The number of para-hydroxylation sites is 1. The molecule has 0 aliphatic heterocycles. The van der Waals surface area contributed by atoms with E-state index >= 15 is 0 Å². The minimum Gasteiger partial charge on any atom is -0.425 e. The fourth-order valence-corrected chi connectivity index (χ4v) is 3.02. The number of aromatic nitrogens is 4. The summed E-state index contributed by atoms with van der Waals surface area (Å²) in [6, 6.07) is 7.31. The summed E-state index contributed by atoms with van der Waals surface area (Å²) >= 11 is 1.39. The van der Waals surface area contributed by atoms with Crippen molar-refractivity contribution in [2.45, 2.75) is 24.4 Å². The smallest absolute Gasteiger partial charge is 0.262 e. The molecule has 0 N–H and O–H groups in total. The second kappa shape index (κ2) is 6.93. The van der Waals surface area contributed by atoms with Crippen molar-refractivity contribution in [1.29, 1.82) is 0 Å². The Balaban J connectivity index is 1.97. The average Bonchev–Trinajstić information content (AvgIpc) is 2.98. The lowest BCUT2D eigenvalue weighted by atomic mass is 10.2. The molecule has 0 saturated heterocycles. The second-order valence-electron chi connectivity index (χ2n) is 4.86. The van der Waals surface area contributed by atoms with Gasteiger partial charge in [0.1, 0.15) is 0 Å². The summed E-state index contributed by atoms with van der Waals surface area (Å²) in [6.45, 7) is 2.62. The molecule has 23 heavy (non-hydrogen) atoms. The van der Waals surface area contributed by atoms with E-state index in [9.17, 15) is 4.79 Å². The molecule has 8 heteroatoms. The maximum Gasteiger partial charge on any atom is 0.262 e. The van der Waals surface area contributed by atoms with E-state index in [1.807, 2.05) is 18.2 Å². The van der Waals surface area contributed by atoms with Gasteiger partial charge >= 0.3 is 0 Å². The number of aryl methyl sites for hydroxylation is 1. The van der Waals surface area contributed by atoms with Crippen molar-refractivity contribution in [3.05, 3.63) is 46.4 Å². The molecule has 3 rings (SSSR count). The minimum atomic E-state index is -0.0724. The predicted molar refractivity (Wildman–Crippen MR) is 86.5 cm³/mol. The first-order chi connectivity index (χ1) is 11.2. The Morgan fingerprint density at radius 1 is 1.30 bits per heavy atom. The maximum absolute atomic E-state index is 12.7. The number of benzene rings is 1. The number of thioether (sulfide) groups is 1. The van der Waals surface area contributed by atoms with Crippen molar-refractivity contribution in [3.8, 4) is 0 Å². The third-order valence-corrected chi connectivity index (χ3v) is 4.20. The number of rotatable bonds is 6. The Morgan fingerprint density at radius 3 is 2.87 bits per heavy atom. The Kier molecular flexibility index (Phi) is 4.73. The van der Waals surface area contributed by atoms with Crippen molar-refractivity contribution in [2.24, 2.45) is 0 Å². The molecule has 1 aromatic carbocycles. The molecule has 3 aromatic rings. The zero-order chi connectivity index (χ0) is 16.2. The highest BCUT2D eigenvalue weighted by atomic mass is 32.2. The van der Waals surface area contributed by atoms with Gasteiger partial charge < -0.3 is 9.15 Å². The fraction of sp³-hybridized carbons (Fsp3) is 0.333. The SMILES string of the molecule is COCCn1c(SCc2nnc(C)o2)nc2ccccc2c1=O. The Morgan fingerprint density at radius 2 is 2.13 bits per heavy atom. The van der Waals surface area contributed by atoms with E-state index in [0.717, 1.165) is 0 Å². The van der Waals surface area contributed by atoms with Crippen molar-refractivity contribution < 1.29 is 9.15 Å². The molecule has 0 radical (unpaired) electrons. The van der Waals surface area contributed by atoms with Gasteiger partial charge in [-0.05, 0) is 12.1 Å². The van der Waals surface area contributed by atoms with Gasteiger partial charge in [0.2, 0.25) is 11.8 Å². The Bertz CT molecular complexity index is 875. The highest BCUT2D eigenvalue weighted by Gasteiger charge is 2.13. The van der Waals surface area contributed by atoms with E-state index in [1.54, 1.807) is 24.7 Å². The van der Waals surface area contributed by atoms with Crippen LogP contribution in [-0.2, 0) is 17.0 Å². The van der Waals surface area contributed by atoms with Gasteiger partial charge in [-0.15, -0.1) is 10.2 Å². The van der Waals surface area contributed by atoms with E-state index in [2.05, 4.69) is 15.2 Å². The first-order valence-electron chi connectivity index (χ1n) is 7.09. The van der Waals surface area contributed by atoms with Crippen LogP contribution in [0.25, 0.3) is 10.9 Å². The van der Waals surface area contributed by atoms with E-state index in [0.29, 0.717) is 46.7 Å². The van der Waals surface area contributed by atoms with Crippen LogP contribution in [0.3, 0.4) is 0 Å². The van der Waals surface area contributed by atoms with Crippen LogP contribution in [0.15, 0.2) is 38.6 Å². The van der Waals surface area contributed by atoms with E-state index in [-0.39, 0.29) is 5.56 Å². The molecular weight excluding hydrogens is 316 g/mol. The van der Waals surface area contributed by atoms with Crippen LogP contribution >= 0.6 is 11.8 Å². The minimum absolute atomic E-state index is 0.0724. The summed E-state index contributed by atoms with van der Waals surface area (Å²) in [6.07, 6.45) is 0. The van der Waals surface area contributed by atoms with Gasteiger partial charge in [0.15, 0.2) is 5.16 Å². The summed E-state index contributed by atoms with van der Waals surface area (Å²) in [5.74, 6) is 1.48. The zero-order valence-electron chi connectivity index (χ0n) is 12.9. The lowest BCUT2D eigenvalue weighted by Gasteiger charge is -2.12. The average molecular weight is 332 g/mol. The number of nitrogens with zero attached hydrogens (tertiary/aromatic N) is 4. The molecule has 0 unspecified atom stereocenters. The Hall–Kier alpha value is -2.19. The molecule has 0 atom stereocenters.